The highest BCUT2D eigenvalue weighted by molar-refractivity contribution is 6.02. The van der Waals surface area contributed by atoms with Crippen LogP contribution < -0.4 is 0 Å². The average molecular weight is 358 g/mol. The topological polar surface area (TPSA) is 91.7 Å². The molecule has 0 bridgehead atoms. The predicted octanol–water partition coefficient (Wildman–Crippen LogP) is 1.77. The van der Waals surface area contributed by atoms with Gasteiger partial charge in [-0.2, -0.15) is 0 Å². The molecule has 0 aromatic rings. The fraction of sp³-hybridized carbons (Fsp3) is 0.667. The van der Waals surface area contributed by atoms with Gasteiger partial charge in [0.15, 0.2) is 11.6 Å². The van der Waals surface area contributed by atoms with Crippen molar-refractivity contribution in [3.8, 4) is 0 Å². The van der Waals surface area contributed by atoms with Crippen LogP contribution >= 0.6 is 0 Å². The fourth-order valence-corrected chi connectivity index (χ4v) is 6.62. The minimum atomic E-state index is -1.62. The molecule has 26 heavy (non-hydrogen) atoms. The fourth-order valence-electron chi connectivity index (χ4n) is 6.62. The van der Waals surface area contributed by atoms with Crippen molar-refractivity contribution in [1.29, 1.82) is 0 Å². The van der Waals surface area contributed by atoms with E-state index >= 15 is 0 Å². The van der Waals surface area contributed by atoms with Gasteiger partial charge in [-0.3, -0.25) is 14.4 Å². The number of allylic oxidation sites excluding steroid dienone is 4. The number of aliphatic hydroxyl groups excluding tert-OH is 1. The summed E-state index contributed by atoms with van der Waals surface area (Å²) in [4.78, 5) is 37.4. The van der Waals surface area contributed by atoms with E-state index in [1.165, 1.54) is 0 Å². The summed E-state index contributed by atoms with van der Waals surface area (Å²) in [6.45, 7) is 3.19. The summed E-state index contributed by atoms with van der Waals surface area (Å²) >= 11 is 0. The van der Waals surface area contributed by atoms with Crippen LogP contribution in [0.5, 0.6) is 0 Å². The molecule has 4 rings (SSSR count). The van der Waals surface area contributed by atoms with Crippen molar-refractivity contribution in [3.63, 3.8) is 0 Å². The van der Waals surface area contributed by atoms with Gasteiger partial charge in [-0.05, 0) is 49.7 Å². The van der Waals surface area contributed by atoms with Crippen LogP contribution in [-0.2, 0) is 14.4 Å². The molecule has 6 atom stereocenters. The Morgan fingerprint density at radius 2 is 2.00 bits per heavy atom. The Bertz CT molecular complexity index is 764. The standard InChI is InChI=1S/C21H26O5/c1-19-7-5-13(23)9-12(19)3-4-14-15-6-8-21(26,17(25)11-22)20(15,2)10-16(24)18(14)19/h5,7,9,14-15,18,22,26H,3-4,6,8,10-11H2,1-2H3/t14?,15?,18-,19?,20?,21+/m1/s1. The molecule has 2 N–H and O–H groups in total. The van der Waals surface area contributed by atoms with Gasteiger partial charge in [0.2, 0.25) is 0 Å². The molecule has 5 heteroatoms. The molecular weight excluding hydrogens is 332 g/mol. The second-order valence-corrected chi connectivity index (χ2v) is 9.02. The van der Waals surface area contributed by atoms with E-state index in [1.54, 1.807) is 12.2 Å². The largest absolute Gasteiger partial charge is 0.388 e. The van der Waals surface area contributed by atoms with Gasteiger partial charge in [0.25, 0.3) is 0 Å². The van der Waals surface area contributed by atoms with E-state index in [0.29, 0.717) is 12.8 Å². The molecule has 140 valence electrons. The monoisotopic (exact) mass is 358 g/mol. The number of hydrogen-bond acceptors (Lipinski definition) is 5. The molecule has 0 spiro atoms. The molecule has 0 aromatic heterocycles. The van der Waals surface area contributed by atoms with Crippen molar-refractivity contribution < 1.29 is 24.6 Å². The highest BCUT2D eigenvalue weighted by Crippen LogP contribution is 2.66. The van der Waals surface area contributed by atoms with Gasteiger partial charge < -0.3 is 10.2 Å². The quantitative estimate of drug-likeness (QED) is 0.785. The molecule has 3 saturated carbocycles. The SMILES string of the molecule is CC12C=CC(=O)C=C1CCC1C3CC[C@](O)(C(=O)CO)C3(C)CC(=O)[C@@H]12. The Balaban J connectivity index is 1.76. The highest BCUT2D eigenvalue weighted by atomic mass is 16.3. The lowest BCUT2D eigenvalue weighted by Gasteiger charge is -2.56. The van der Waals surface area contributed by atoms with Crippen LogP contribution in [0.4, 0.5) is 0 Å². The number of fused-ring (bicyclic) bond motifs is 5. The van der Waals surface area contributed by atoms with E-state index in [4.69, 9.17) is 0 Å². The Kier molecular flexibility index (Phi) is 3.74. The number of Topliss-reactive ketones (excluding diaryl/α,β-unsaturated/α-hetero) is 2. The third kappa shape index (κ3) is 2.01. The van der Waals surface area contributed by atoms with Crippen LogP contribution in [0.3, 0.4) is 0 Å². The van der Waals surface area contributed by atoms with Gasteiger partial charge in [0.1, 0.15) is 18.0 Å². The maximum atomic E-state index is 13.3. The van der Waals surface area contributed by atoms with E-state index in [9.17, 15) is 24.6 Å². The van der Waals surface area contributed by atoms with Crippen molar-refractivity contribution in [2.24, 2.45) is 28.6 Å². The molecule has 5 nitrogen and oxygen atoms in total. The first-order valence-electron chi connectivity index (χ1n) is 9.51. The van der Waals surface area contributed by atoms with Gasteiger partial charge >= 0.3 is 0 Å². The maximum Gasteiger partial charge on any atom is 0.190 e. The molecule has 0 saturated heterocycles. The summed E-state index contributed by atoms with van der Waals surface area (Å²) in [5.74, 6) is -0.590. The summed E-state index contributed by atoms with van der Waals surface area (Å²) in [5, 5.41) is 20.5. The molecule has 0 amide bonds. The van der Waals surface area contributed by atoms with Crippen LogP contribution in [0.15, 0.2) is 23.8 Å². The van der Waals surface area contributed by atoms with Crippen molar-refractivity contribution in [2.45, 2.75) is 51.6 Å². The predicted molar refractivity (Wildman–Crippen MR) is 94.0 cm³/mol. The van der Waals surface area contributed by atoms with E-state index in [1.807, 2.05) is 19.9 Å². The summed E-state index contributed by atoms with van der Waals surface area (Å²) in [7, 11) is 0. The normalized spacial score (nSPS) is 47.1. The number of carbonyl (C=O) groups excluding carboxylic acids is 3. The molecule has 4 aliphatic carbocycles. The van der Waals surface area contributed by atoms with Crippen LogP contribution in [-0.4, -0.2) is 39.8 Å². The van der Waals surface area contributed by atoms with Crippen molar-refractivity contribution in [2.75, 3.05) is 6.61 Å². The van der Waals surface area contributed by atoms with Crippen LogP contribution in [0.2, 0.25) is 0 Å². The number of rotatable bonds is 2. The van der Waals surface area contributed by atoms with E-state index in [0.717, 1.165) is 18.4 Å². The Morgan fingerprint density at radius 3 is 2.69 bits per heavy atom. The summed E-state index contributed by atoms with van der Waals surface area (Å²) < 4.78 is 0. The van der Waals surface area contributed by atoms with Gasteiger partial charge in [0.05, 0.1) is 0 Å². The smallest absolute Gasteiger partial charge is 0.190 e. The Hall–Kier alpha value is -1.59. The second-order valence-electron chi connectivity index (χ2n) is 9.02. The van der Waals surface area contributed by atoms with Crippen LogP contribution in [0.1, 0.15) is 46.0 Å². The minimum Gasteiger partial charge on any atom is -0.388 e. The first kappa shape index (κ1) is 17.8. The number of hydrogen-bond donors (Lipinski definition) is 2. The van der Waals surface area contributed by atoms with Crippen molar-refractivity contribution in [3.05, 3.63) is 23.8 Å². The van der Waals surface area contributed by atoms with Crippen LogP contribution in [0, 0.1) is 28.6 Å². The Morgan fingerprint density at radius 1 is 1.27 bits per heavy atom. The van der Waals surface area contributed by atoms with Gasteiger partial charge in [-0.15, -0.1) is 0 Å². The van der Waals surface area contributed by atoms with Crippen molar-refractivity contribution in [1.82, 2.24) is 0 Å². The second kappa shape index (κ2) is 5.46. The number of aliphatic hydroxyl groups is 2. The zero-order chi connectivity index (χ0) is 18.9. The van der Waals surface area contributed by atoms with E-state index in [-0.39, 0.29) is 35.7 Å². The molecule has 0 radical (unpaired) electrons. The van der Waals surface area contributed by atoms with Gasteiger partial charge in [0, 0.05) is 23.2 Å². The van der Waals surface area contributed by atoms with Crippen LogP contribution in [0.25, 0.3) is 0 Å². The molecule has 0 aliphatic heterocycles. The lowest BCUT2D eigenvalue weighted by molar-refractivity contribution is -0.168. The van der Waals surface area contributed by atoms with Crippen molar-refractivity contribution >= 4 is 17.3 Å². The van der Waals surface area contributed by atoms with Gasteiger partial charge in [-0.25, -0.2) is 0 Å². The lowest BCUT2D eigenvalue weighted by Crippen LogP contribution is -2.60. The maximum absolute atomic E-state index is 13.3. The summed E-state index contributed by atoms with van der Waals surface area (Å²) in [5.41, 5.74) is -1.86. The third-order valence-electron chi connectivity index (χ3n) is 8.01. The number of ketones is 3. The van der Waals surface area contributed by atoms with E-state index < -0.39 is 28.8 Å². The third-order valence-corrected chi connectivity index (χ3v) is 8.01. The molecule has 0 aromatic carbocycles. The first-order valence-corrected chi connectivity index (χ1v) is 9.51. The lowest BCUT2D eigenvalue weighted by atomic mass is 9.46. The Labute approximate surface area is 153 Å². The zero-order valence-electron chi connectivity index (χ0n) is 15.3. The molecule has 3 fully saturated rings. The highest BCUT2D eigenvalue weighted by Gasteiger charge is 2.68. The molecular formula is C21H26O5. The first-order chi connectivity index (χ1) is 12.2. The van der Waals surface area contributed by atoms with E-state index in [2.05, 4.69) is 0 Å². The average Bonchev–Trinajstić information content (AvgIpc) is 2.86. The molecule has 4 unspecified atom stereocenters. The minimum absolute atomic E-state index is 0.0206. The summed E-state index contributed by atoms with van der Waals surface area (Å²) in [6.07, 6.45) is 7.82. The van der Waals surface area contributed by atoms with Gasteiger partial charge in [-0.1, -0.05) is 25.5 Å². The molecule has 0 heterocycles. The molecule has 4 aliphatic rings. The zero-order valence-corrected chi connectivity index (χ0v) is 15.3. The number of carbonyl (C=O) groups is 3. The summed E-state index contributed by atoms with van der Waals surface area (Å²) in [6, 6.07) is 0.